The fraction of sp³-hybridized carbons (Fsp3) is 0.800. The van der Waals surface area contributed by atoms with Gasteiger partial charge in [-0.25, -0.2) is 0 Å². The Morgan fingerprint density at radius 2 is 2.20 bits per heavy atom. The highest BCUT2D eigenvalue weighted by Crippen LogP contribution is 2.17. The van der Waals surface area contributed by atoms with E-state index in [2.05, 4.69) is 0 Å². The fourth-order valence-electron chi connectivity index (χ4n) is 1.81. The Balaban J connectivity index is 2.36. The van der Waals surface area contributed by atoms with Crippen molar-refractivity contribution in [3.8, 4) is 0 Å². The Morgan fingerprint density at radius 3 is 2.73 bits per heavy atom. The fourth-order valence-corrected chi connectivity index (χ4v) is 1.98. The van der Waals surface area contributed by atoms with Crippen LogP contribution in [0.3, 0.4) is 0 Å². The molecule has 0 spiro atoms. The number of amides is 2. The zero-order chi connectivity index (χ0) is 11.4. The predicted molar refractivity (Wildman–Crippen MR) is 58.7 cm³/mol. The summed E-state index contributed by atoms with van der Waals surface area (Å²) in [5.41, 5.74) is 0. The van der Waals surface area contributed by atoms with Gasteiger partial charge >= 0.3 is 0 Å². The van der Waals surface area contributed by atoms with E-state index in [1.807, 2.05) is 0 Å². The molecule has 1 atom stereocenters. The molecular formula is C10H17ClN2O2. The van der Waals surface area contributed by atoms with Crippen LogP contribution in [0.2, 0.25) is 0 Å². The van der Waals surface area contributed by atoms with E-state index in [0.717, 1.165) is 26.1 Å². The molecule has 5 heteroatoms. The van der Waals surface area contributed by atoms with Gasteiger partial charge in [-0.1, -0.05) is 0 Å². The molecule has 1 aliphatic rings. The summed E-state index contributed by atoms with van der Waals surface area (Å²) >= 11 is 5.48. The number of nitrogens with zero attached hydrogens (tertiary/aromatic N) is 2. The van der Waals surface area contributed by atoms with Gasteiger partial charge in [0.1, 0.15) is 5.88 Å². The molecule has 0 saturated carbocycles. The normalized spacial score (nSPS) is 20.5. The van der Waals surface area contributed by atoms with E-state index in [4.69, 9.17) is 11.6 Å². The molecule has 1 fully saturated rings. The largest absolute Gasteiger partial charge is 0.346 e. The molecule has 0 N–H and O–H groups in total. The first-order valence-corrected chi connectivity index (χ1v) is 5.63. The van der Waals surface area contributed by atoms with Crippen LogP contribution in [-0.4, -0.2) is 54.2 Å². The van der Waals surface area contributed by atoms with Crippen molar-refractivity contribution in [3.05, 3.63) is 0 Å². The average Bonchev–Trinajstić information content (AvgIpc) is 2.65. The first-order valence-electron chi connectivity index (χ1n) is 5.10. The van der Waals surface area contributed by atoms with Crippen LogP contribution < -0.4 is 0 Å². The van der Waals surface area contributed by atoms with Crippen molar-refractivity contribution < 1.29 is 9.59 Å². The van der Waals surface area contributed by atoms with E-state index < -0.39 is 0 Å². The van der Waals surface area contributed by atoms with E-state index in [1.54, 1.807) is 23.8 Å². The standard InChI is InChI=1S/C10H17ClN2O2/c1-8(14)12(2)6-9-3-4-13(7-9)10(15)5-11/h9H,3-7H2,1-2H3/t9-/m0/s1. The highest BCUT2D eigenvalue weighted by atomic mass is 35.5. The van der Waals surface area contributed by atoms with Gasteiger partial charge in [-0.15, -0.1) is 11.6 Å². The van der Waals surface area contributed by atoms with Crippen molar-refractivity contribution in [2.75, 3.05) is 32.6 Å². The van der Waals surface area contributed by atoms with Crippen molar-refractivity contribution >= 4 is 23.4 Å². The summed E-state index contributed by atoms with van der Waals surface area (Å²) in [6.45, 7) is 3.77. The molecule has 0 aromatic carbocycles. The van der Waals surface area contributed by atoms with Gasteiger partial charge in [0.05, 0.1) is 0 Å². The Kier molecular flexibility index (Phi) is 4.39. The third-order valence-corrected chi connectivity index (χ3v) is 3.05. The van der Waals surface area contributed by atoms with Crippen LogP contribution in [0.1, 0.15) is 13.3 Å². The van der Waals surface area contributed by atoms with Gasteiger partial charge in [-0.3, -0.25) is 9.59 Å². The monoisotopic (exact) mass is 232 g/mol. The Labute approximate surface area is 95.2 Å². The number of hydrogen-bond donors (Lipinski definition) is 0. The zero-order valence-corrected chi connectivity index (χ0v) is 9.96. The van der Waals surface area contributed by atoms with Gasteiger partial charge < -0.3 is 9.80 Å². The lowest BCUT2D eigenvalue weighted by molar-refractivity contribution is -0.128. The van der Waals surface area contributed by atoms with E-state index in [1.165, 1.54) is 0 Å². The molecule has 0 aromatic rings. The lowest BCUT2D eigenvalue weighted by atomic mass is 10.1. The van der Waals surface area contributed by atoms with E-state index in [0.29, 0.717) is 5.92 Å². The van der Waals surface area contributed by atoms with Crippen LogP contribution >= 0.6 is 11.6 Å². The van der Waals surface area contributed by atoms with E-state index >= 15 is 0 Å². The second-order valence-corrected chi connectivity index (χ2v) is 4.29. The summed E-state index contributed by atoms with van der Waals surface area (Å²) in [5, 5.41) is 0. The number of carbonyl (C=O) groups excluding carboxylic acids is 2. The minimum Gasteiger partial charge on any atom is -0.346 e. The lowest BCUT2D eigenvalue weighted by Gasteiger charge is -2.20. The number of carbonyl (C=O) groups is 2. The summed E-state index contributed by atoms with van der Waals surface area (Å²) in [7, 11) is 1.79. The second-order valence-electron chi connectivity index (χ2n) is 4.03. The Hall–Kier alpha value is -0.770. The van der Waals surface area contributed by atoms with Gasteiger partial charge in [0.2, 0.25) is 11.8 Å². The van der Waals surface area contributed by atoms with Crippen molar-refractivity contribution in [1.29, 1.82) is 0 Å². The molecule has 4 nitrogen and oxygen atoms in total. The topological polar surface area (TPSA) is 40.6 Å². The van der Waals surface area contributed by atoms with E-state index in [-0.39, 0.29) is 17.7 Å². The Morgan fingerprint density at radius 1 is 1.53 bits per heavy atom. The van der Waals surface area contributed by atoms with Crippen molar-refractivity contribution in [2.45, 2.75) is 13.3 Å². The molecule has 0 radical (unpaired) electrons. The molecular weight excluding hydrogens is 216 g/mol. The number of rotatable bonds is 3. The maximum Gasteiger partial charge on any atom is 0.237 e. The molecule has 0 bridgehead atoms. The molecule has 0 unspecified atom stereocenters. The summed E-state index contributed by atoms with van der Waals surface area (Å²) in [6, 6.07) is 0. The summed E-state index contributed by atoms with van der Waals surface area (Å²) < 4.78 is 0. The molecule has 0 aliphatic carbocycles. The summed E-state index contributed by atoms with van der Waals surface area (Å²) in [6.07, 6.45) is 0.959. The smallest absolute Gasteiger partial charge is 0.237 e. The molecule has 15 heavy (non-hydrogen) atoms. The second kappa shape index (κ2) is 5.35. The lowest BCUT2D eigenvalue weighted by Crippen LogP contribution is -2.33. The van der Waals surface area contributed by atoms with Crippen molar-refractivity contribution in [2.24, 2.45) is 5.92 Å². The molecule has 1 aliphatic heterocycles. The van der Waals surface area contributed by atoms with Crippen LogP contribution in [0.15, 0.2) is 0 Å². The van der Waals surface area contributed by atoms with Gasteiger partial charge in [-0.05, 0) is 12.3 Å². The molecule has 1 saturated heterocycles. The molecule has 0 aromatic heterocycles. The highest BCUT2D eigenvalue weighted by molar-refractivity contribution is 6.27. The third-order valence-electron chi connectivity index (χ3n) is 2.82. The van der Waals surface area contributed by atoms with Gasteiger partial charge in [-0.2, -0.15) is 0 Å². The minimum atomic E-state index is -0.00959. The quantitative estimate of drug-likeness (QED) is 0.667. The van der Waals surface area contributed by atoms with Crippen LogP contribution in [0.4, 0.5) is 0 Å². The number of hydrogen-bond acceptors (Lipinski definition) is 2. The summed E-state index contributed by atoms with van der Waals surface area (Å²) in [5.74, 6) is 0.503. The van der Waals surface area contributed by atoms with Crippen molar-refractivity contribution in [1.82, 2.24) is 9.80 Å². The first kappa shape index (κ1) is 12.3. The van der Waals surface area contributed by atoms with Gasteiger partial charge in [0.25, 0.3) is 0 Å². The molecule has 2 amide bonds. The van der Waals surface area contributed by atoms with Crippen LogP contribution in [0.25, 0.3) is 0 Å². The van der Waals surface area contributed by atoms with Crippen molar-refractivity contribution in [3.63, 3.8) is 0 Å². The molecule has 1 heterocycles. The Bertz CT molecular complexity index is 258. The van der Waals surface area contributed by atoms with Crippen LogP contribution in [0.5, 0.6) is 0 Å². The average molecular weight is 233 g/mol. The zero-order valence-electron chi connectivity index (χ0n) is 9.20. The third kappa shape index (κ3) is 3.38. The summed E-state index contributed by atoms with van der Waals surface area (Å²) in [4.78, 5) is 25.8. The van der Waals surface area contributed by atoms with Crippen LogP contribution in [0, 0.1) is 5.92 Å². The number of alkyl halides is 1. The maximum absolute atomic E-state index is 11.3. The maximum atomic E-state index is 11.3. The number of likely N-dealkylation sites (tertiary alicyclic amines) is 1. The molecule has 1 rings (SSSR count). The first-order chi connectivity index (χ1) is 7.04. The highest BCUT2D eigenvalue weighted by Gasteiger charge is 2.26. The number of halogens is 1. The SMILES string of the molecule is CC(=O)N(C)C[C@@H]1CCN(C(=O)CCl)C1. The van der Waals surface area contributed by atoms with Crippen LogP contribution in [-0.2, 0) is 9.59 Å². The van der Waals surface area contributed by atoms with E-state index in [9.17, 15) is 9.59 Å². The van der Waals surface area contributed by atoms with Gasteiger partial charge in [0.15, 0.2) is 0 Å². The molecule has 86 valence electrons. The van der Waals surface area contributed by atoms with Gasteiger partial charge in [0, 0.05) is 33.6 Å². The predicted octanol–water partition coefficient (Wildman–Crippen LogP) is 0.552. The minimum absolute atomic E-state index is 0.00959.